The zero-order valence-electron chi connectivity index (χ0n) is 47.2. The van der Waals surface area contributed by atoms with Crippen LogP contribution >= 0.6 is 0 Å². The fourth-order valence-corrected chi connectivity index (χ4v) is 11.4. The van der Waals surface area contributed by atoms with Gasteiger partial charge in [0, 0.05) is 51.6 Å². The van der Waals surface area contributed by atoms with Crippen LogP contribution in [0.5, 0.6) is 5.75 Å². The molecule has 424 valence electrons. The molecule has 20 heteroatoms. The molecule has 4 aliphatic heterocycles. The predicted octanol–water partition coefficient (Wildman–Crippen LogP) is 3.28. The summed E-state index contributed by atoms with van der Waals surface area (Å²) in [5.41, 5.74) is 0.628. The van der Waals surface area contributed by atoms with E-state index in [0.29, 0.717) is 50.1 Å². The Hall–Kier alpha value is -5.63. The van der Waals surface area contributed by atoms with E-state index in [1.807, 2.05) is 44.5 Å². The zero-order valence-corrected chi connectivity index (χ0v) is 47.2. The van der Waals surface area contributed by atoms with Gasteiger partial charge >= 0.3 is 11.9 Å². The van der Waals surface area contributed by atoms with E-state index in [1.54, 1.807) is 52.0 Å². The molecule has 0 spiro atoms. The number of likely N-dealkylation sites (N-methyl/N-ethyl adjacent to an activating group) is 2. The summed E-state index contributed by atoms with van der Waals surface area (Å²) >= 11 is 0. The number of nitrogens with zero attached hydrogens (tertiary/aromatic N) is 5. The Morgan fingerprint density at radius 2 is 1.53 bits per heavy atom. The summed E-state index contributed by atoms with van der Waals surface area (Å²) < 4.78 is 17.5. The highest BCUT2D eigenvalue weighted by atomic mass is 16.6. The van der Waals surface area contributed by atoms with Gasteiger partial charge in [-0.15, -0.1) is 0 Å². The number of hydrogen-bond acceptors (Lipinski definition) is 14. The van der Waals surface area contributed by atoms with Gasteiger partial charge in [0.15, 0.2) is 11.9 Å². The minimum absolute atomic E-state index is 0.0329. The Kier molecular flexibility index (Phi) is 21.8. The Bertz CT molecular complexity index is 2240. The normalized spacial score (nSPS) is 30.7. The van der Waals surface area contributed by atoms with Crippen molar-refractivity contribution in [1.82, 2.24) is 35.1 Å². The van der Waals surface area contributed by atoms with Gasteiger partial charge in [0.2, 0.25) is 35.4 Å². The molecule has 1 aromatic carbocycles. The number of cyclic esters (lactones) is 2. The molecule has 4 heterocycles. The van der Waals surface area contributed by atoms with Crippen molar-refractivity contribution in [3.63, 3.8) is 0 Å². The number of aliphatic hydroxyl groups excluding tert-OH is 1. The van der Waals surface area contributed by atoms with Gasteiger partial charge in [-0.1, -0.05) is 67.0 Å². The number of likely N-dealkylation sites (tertiary alicyclic amines) is 2. The largest absolute Gasteiger partial charge is 0.497 e. The van der Waals surface area contributed by atoms with Gasteiger partial charge in [-0.2, -0.15) is 0 Å². The molecular formula is C56H87N7O13. The van der Waals surface area contributed by atoms with E-state index in [-0.39, 0.29) is 43.7 Å². The molecule has 13 atom stereocenters. The number of esters is 2. The van der Waals surface area contributed by atoms with Crippen molar-refractivity contribution >= 4 is 53.2 Å². The van der Waals surface area contributed by atoms with Crippen LogP contribution in [0.4, 0.5) is 0 Å². The fraction of sp³-hybridized carbons (Fsp3) is 0.732. The maximum absolute atomic E-state index is 15.2. The first kappa shape index (κ1) is 61.2. The van der Waals surface area contributed by atoms with Crippen LogP contribution < -0.4 is 15.4 Å². The number of fused-ring (bicyclic) bond motifs is 1. The van der Waals surface area contributed by atoms with Crippen LogP contribution in [0.2, 0.25) is 0 Å². The van der Waals surface area contributed by atoms with Crippen molar-refractivity contribution in [3.05, 3.63) is 29.8 Å². The summed E-state index contributed by atoms with van der Waals surface area (Å²) in [5.74, 6) is -7.65. The number of hydrogen-bond donors (Lipinski definition) is 3. The summed E-state index contributed by atoms with van der Waals surface area (Å²) in [5, 5.41) is 17.6. The minimum Gasteiger partial charge on any atom is -0.497 e. The van der Waals surface area contributed by atoms with E-state index in [1.165, 1.54) is 42.7 Å². The molecule has 0 aromatic heterocycles. The molecule has 4 saturated heterocycles. The van der Waals surface area contributed by atoms with E-state index >= 15 is 9.59 Å². The lowest BCUT2D eigenvalue weighted by molar-refractivity contribution is -0.166. The predicted molar refractivity (Wildman–Crippen MR) is 282 cm³/mol. The number of ether oxygens (including phenoxy) is 3. The lowest BCUT2D eigenvalue weighted by atomic mass is 9.91. The summed E-state index contributed by atoms with van der Waals surface area (Å²) in [4.78, 5) is 137. The smallest absolute Gasteiger partial charge is 0.329 e. The fourth-order valence-electron chi connectivity index (χ4n) is 11.4. The number of rotatable bonds is 13. The average Bonchev–Trinajstić information content (AvgIpc) is 4.13. The van der Waals surface area contributed by atoms with Crippen LogP contribution in [0.25, 0.3) is 0 Å². The number of amides is 6. The third-order valence-corrected chi connectivity index (χ3v) is 16.1. The molecule has 6 amide bonds. The van der Waals surface area contributed by atoms with Crippen molar-refractivity contribution in [2.45, 2.75) is 200 Å². The third-order valence-electron chi connectivity index (χ3n) is 16.1. The zero-order chi connectivity index (χ0) is 56.5. The Labute approximate surface area is 449 Å². The minimum atomic E-state index is -1.58. The highest BCUT2D eigenvalue weighted by molar-refractivity contribution is 6.05. The Morgan fingerprint density at radius 1 is 0.868 bits per heavy atom. The second-order valence-electron chi connectivity index (χ2n) is 22.5. The molecule has 0 saturated carbocycles. The maximum atomic E-state index is 15.2. The molecular weight excluding hydrogens is 979 g/mol. The van der Waals surface area contributed by atoms with E-state index in [2.05, 4.69) is 10.6 Å². The van der Waals surface area contributed by atoms with Crippen LogP contribution in [0.1, 0.15) is 133 Å². The second-order valence-corrected chi connectivity index (χ2v) is 22.5. The van der Waals surface area contributed by atoms with Gasteiger partial charge in [-0.25, -0.2) is 4.79 Å². The van der Waals surface area contributed by atoms with E-state index in [0.717, 1.165) is 12.8 Å². The van der Waals surface area contributed by atoms with Crippen LogP contribution in [0, 0.1) is 23.7 Å². The topological polar surface area (TPSA) is 242 Å². The quantitative estimate of drug-likeness (QED) is 0.190. The molecule has 0 aliphatic carbocycles. The second kappa shape index (κ2) is 27.1. The third kappa shape index (κ3) is 14.5. The van der Waals surface area contributed by atoms with Gasteiger partial charge in [-0.05, 0) is 102 Å². The average molecular weight is 1070 g/mol. The number of carbonyl (C=O) groups is 9. The molecule has 4 fully saturated rings. The summed E-state index contributed by atoms with van der Waals surface area (Å²) in [6.45, 7) is 18.3. The van der Waals surface area contributed by atoms with Gasteiger partial charge in [0.1, 0.15) is 36.0 Å². The molecule has 1 aromatic rings. The van der Waals surface area contributed by atoms with E-state index in [4.69, 9.17) is 14.2 Å². The molecule has 3 N–H and O–H groups in total. The van der Waals surface area contributed by atoms with Gasteiger partial charge < -0.3 is 49.6 Å². The van der Waals surface area contributed by atoms with Crippen molar-refractivity contribution in [1.29, 1.82) is 0 Å². The molecule has 1 unspecified atom stereocenters. The SMILES string of the molecule is CCC(=O)N1CCC[C@H]1CN(C)[C@@H]1CC(C)N([C@@H]2C(=O)N[C@H]([C@@H](C)CC)[C@@H](O)CC(=O)O[C@@H](C(C)C)C(=O)[C@H](C)C(=O)N[C@@H](CC(C)C)C(=O)N3CCC[C@H]3C(=O)N(C)[C@@H](Cc3ccc(OC)cc3)C(=O)O[C@@H]2C)C1=O. The summed E-state index contributed by atoms with van der Waals surface area (Å²) in [6.07, 6.45) is -1.56. The van der Waals surface area contributed by atoms with Crippen molar-refractivity contribution in [2.75, 3.05) is 40.8 Å². The number of methoxy groups -OCH3 is 1. The standard InChI is InChI=1S/C56H87N7O13/c1-14-33(7)47-44(64)29-46(66)76-50(32(5)6)49(67)35(9)51(68)57-40(26-31(3)4)53(70)62-25-17-19-41(62)54(71)60(12)43(28-37-20-22-39(74-13)23-21-37)56(73)75-36(10)48(52(69)58-47)63-34(8)27-42(55(63)72)59(11)30-38-18-16-24-61(38)45(65)15-2/h20-23,31-36,38,40-44,47-48,50,64H,14-19,24-30H2,1-13H3,(H,57,68)(H,58,69)/t33-,34?,35-,36+,38-,40-,41-,42+,43-,44-,47+,48-,50-/m0/s1. The number of benzene rings is 1. The Balaban J connectivity index is 1.61. The molecule has 0 radical (unpaired) electrons. The van der Waals surface area contributed by atoms with Crippen molar-refractivity contribution < 1.29 is 62.5 Å². The van der Waals surface area contributed by atoms with E-state index < -0.39 is 132 Å². The number of ketones is 1. The van der Waals surface area contributed by atoms with Crippen LogP contribution in [-0.4, -0.2) is 190 Å². The lowest BCUT2D eigenvalue weighted by Gasteiger charge is -2.38. The van der Waals surface area contributed by atoms with Crippen molar-refractivity contribution in [3.8, 4) is 5.75 Å². The molecule has 5 rings (SSSR count). The Morgan fingerprint density at radius 3 is 2.13 bits per heavy atom. The molecule has 76 heavy (non-hydrogen) atoms. The van der Waals surface area contributed by atoms with Gasteiger partial charge in [-0.3, -0.25) is 43.3 Å². The molecule has 20 nitrogen and oxygen atoms in total. The van der Waals surface area contributed by atoms with Crippen LogP contribution in [0.15, 0.2) is 24.3 Å². The van der Waals surface area contributed by atoms with Gasteiger partial charge in [0.05, 0.1) is 37.6 Å². The summed E-state index contributed by atoms with van der Waals surface area (Å²) in [7, 11) is 4.79. The van der Waals surface area contributed by atoms with E-state index in [9.17, 15) is 38.7 Å². The molecule has 4 aliphatic rings. The first-order valence-electron chi connectivity index (χ1n) is 27.6. The number of Topliss-reactive ketones (excluding diaryl/α,β-unsaturated/α-hetero) is 1. The van der Waals surface area contributed by atoms with Crippen LogP contribution in [-0.2, 0) is 59.0 Å². The van der Waals surface area contributed by atoms with Crippen LogP contribution in [0.3, 0.4) is 0 Å². The molecule has 0 bridgehead atoms. The first-order valence-corrected chi connectivity index (χ1v) is 27.6. The lowest BCUT2D eigenvalue weighted by Crippen LogP contribution is -2.61. The summed E-state index contributed by atoms with van der Waals surface area (Å²) in [6, 6.07) is -0.647. The number of aliphatic hydroxyl groups is 1. The highest BCUT2D eigenvalue weighted by Gasteiger charge is 2.50. The maximum Gasteiger partial charge on any atom is 0.329 e. The van der Waals surface area contributed by atoms with Crippen molar-refractivity contribution in [2.24, 2.45) is 23.7 Å². The van der Waals surface area contributed by atoms with Gasteiger partial charge in [0.25, 0.3) is 0 Å². The highest BCUT2D eigenvalue weighted by Crippen LogP contribution is 2.31. The number of nitrogens with one attached hydrogen (secondary N) is 2. The first-order chi connectivity index (χ1) is 35.8. The number of carbonyl (C=O) groups excluding carboxylic acids is 9. The monoisotopic (exact) mass is 1070 g/mol.